The number of anilines is 1. The second kappa shape index (κ2) is 7.55. The number of aromatic amines is 1. The smallest absolute Gasteiger partial charge is 0.322 e. The predicted octanol–water partition coefficient (Wildman–Crippen LogP) is 4.82. The molecule has 3 rings (SSSR count). The number of urea groups is 1. The van der Waals surface area contributed by atoms with E-state index in [-0.39, 0.29) is 21.5 Å². The molecule has 0 radical (unpaired) electrons. The quantitative estimate of drug-likeness (QED) is 0.651. The van der Waals surface area contributed by atoms with Crippen molar-refractivity contribution in [3.05, 3.63) is 74.9 Å². The first-order valence-electron chi connectivity index (χ1n) is 8.18. The molecule has 0 bridgehead atoms. The van der Waals surface area contributed by atoms with Crippen LogP contribution in [-0.4, -0.2) is 23.0 Å². The highest BCUT2D eigenvalue weighted by molar-refractivity contribution is 6.31. The van der Waals surface area contributed by atoms with Gasteiger partial charge in [-0.25, -0.2) is 18.0 Å². The van der Waals surface area contributed by atoms with E-state index in [1.165, 1.54) is 30.3 Å². The molecule has 0 unspecified atom stereocenters. The molecule has 9 heteroatoms. The van der Waals surface area contributed by atoms with E-state index in [0.29, 0.717) is 5.56 Å². The Bertz CT molecular complexity index is 1130. The molecule has 5 nitrogen and oxygen atoms in total. The van der Waals surface area contributed by atoms with E-state index in [4.69, 9.17) is 11.6 Å². The number of hydrogen-bond acceptors (Lipinski definition) is 2. The van der Waals surface area contributed by atoms with Crippen molar-refractivity contribution in [2.75, 3.05) is 12.4 Å². The monoisotopic (exact) mass is 409 g/mol. The number of rotatable bonds is 3. The summed E-state index contributed by atoms with van der Waals surface area (Å²) in [4.78, 5) is 28.2. The van der Waals surface area contributed by atoms with Crippen LogP contribution in [0.1, 0.15) is 18.5 Å². The molecule has 146 valence electrons. The van der Waals surface area contributed by atoms with Crippen molar-refractivity contribution in [2.24, 2.45) is 0 Å². The molecule has 0 aliphatic heterocycles. The summed E-state index contributed by atoms with van der Waals surface area (Å²) in [5.74, 6) is -2.85. The van der Waals surface area contributed by atoms with Gasteiger partial charge in [-0.15, -0.1) is 0 Å². The number of benzene rings is 2. The SMILES string of the molecule is C[C@H](c1c[nH]c(=O)c2cc(F)c(F)cc12)N(C)C(=O)Nc1ccc(F)c(Cl)c1. The lowest BCUT2D eigenvalue weighted by molar-refractivity contribution is 0.208. The lowest BCUT2D eigenvalue weighted by Gasteiger charge is -2.26. The summed E-state index contributed by atoms with van der Waals surface area (Å²) in [7, 11) is 1.49. The number of nitrogens with one attached hydrogen (secondary N) is 2. The number of aromatic nitrogens is 1. The van der Waals surface area contributed by atoms with Crippen molar-refractivity contribution in [3.63, 3.8) is 0 Å². The fourth-order valence-electron chi connectivity index (χ4n) is 2.79. The van der Waals surface area contributed by atoms with E-state index in [0.717, 1.165) is 18.2 Å². The number of amides is 2. The Morgan fingerprint density at radius 3 is 2.39 bits per heavy atom. The van der Waals surface area contributed by atoms with Crippen LogP contribution in [0.3, 0.4) is 0 Å². The van der Waals surface area contributed by atoms with Gasteiger partial charge >= 0.3 is 6.03 Å². The summed E-state index contributed by atoms with van der Waals surface area (Å²) < 4.78 is 40.5. The van der Waals surface area contributed by atoms with Crippen LogP contribution in [-0.2, 0) is 0 Å². The van der Waals surface area contributed by atoms with Crippen LogP contribution >= 0.6 is 11.6 Å². The predicted molar refractivity (Wildman–Crippen MR) is 101 cm³/mol. The van der Waals surface area contributed by atoms with E-state index in [2.05, 4.69) is 10.3 Å². The Balaban J connectivity index is 1.92. The molecule has 0 fully saturated rings. The highest BCUT2D eigenvalue weighted by atomic mass is 35.5. The maximum Gasteiger partial charge on any atom is 0.322 e. The van der Waals surface area contributed by atoms with Crippen LogP contribution in [0.25, 0.3) is 10.8 Å². The average Bonchev–Trinajstić information content (AvgIpc) is 2.65. The molecule has 2 aromatic carbocycles. The fraction of sp³-hybridized carbons (Fsp3) is 0.158. The zero-order valence-corrected chi connectivity index (χ0v) is 15.6. The Hall–Kier alpha value is -3.00. The van der Waals surface area contributed by atoms with Gasteiger partial charge in [0, 0.05) is 18.9 Å². The molecule has 0 aliphatic carbocycles. The summed E-state index contributed by atoms with van der Waals surface area (Å²) in [5.41, 5.74) is 0.135. The summed E-state index contributed by atoms with van der Waals surface area (Å²) >= 11 is 5.70. The number of halogens is 4. The lowest BCUT2D eigenvalue weighted by atomic mass is 10.0. The minimum Gasteiger partial charge on any atom is -0.328 e. The normalized spacial score (nSPS) is 12.1. The maximum atomic E-state index is 13.7. The van der Waals surface area contributed by atoms with Crippen molar-refractivity contribution < 1.29 is 18.0 Å². The number of H-pyrrole nitrogens is 1. The Morgan fingerprint density at radius 2 is 1.75 bits per heavy atom. The van der Waals surface area contributed by atoms with E-state index in [9.17, 15) is 22.8 Å². The first-order chi connectivity index (χ1) is 13.2. The van der Waals surface area contributed by atoms with E-state index < -0.39 is 35.1 Å². The summed E-state index contributed by atoms with van der Waals surface area (Å²) in [6.07, 6.45) is 1.35. The van der Waals surface area contributed by atoms with Gasteiger partial charge < -0.3 is 15.2 Å². The topological polar surface area (TPSA) is 65.2 Å². The van der Waals surface area contributed by atoms with Gasteiger partial charge in [0.1, 0.15) is 5.82 Å². The van der Waals surface area contributed by atoms with Crippen molar-refractivity contribution in [1.82, 2.24) is 9.88 Å². The van der Waals surface area contributed by atoms with Crippen LogP contribution in [0.2, 0.25) is 5.02 Å². The molecule has 3 aromatic rings. The lowest BCUT2D eigenvalue weighted by Crippen LogP contribution is -2.34. The molecule has 0 saturated heterocycles. The third-order valence-corrected chi connectivity index (χ3v) is 4.79. The van der Waals surface area contributed by atoms with Crippen LogP contribution in [0, 0.1) is 17.5 Å². The summed E-state index contributed by atoms with van der Waals surface area (Å²) in [6.45, 7) is 1.66. The maximum absolute atomic E-state index is 13.7. The molecular weight excluding hydrogens is 395 g/mol. The summed E-state index contributed by atoms with van der Waals surface area (Å²) in [6, 6.07) is 4.33. The van der Waals surface area contributed by atoms with Gasteiger partial charge in [-0.1, -0.05) is 11.6 Å². The number of carbonyl (C=O) groups is 1. The molecule has 2 amide bonds. The average molecular weight is 410 g/mol. The third-order valence-electron chi connectivity index (χ3n) is 4.50. The minimum absolute atomic E-state index is 0.0256. The first kappa shape index (κ1) is 19.8. The van der Waals surface area contributed by atoms with Gasteiger partial charge in [0.25, 0.3) is 5.56 Å². The van der Waals surface area contributed by atoms with Gasteiger partial charge in [-0.05, 0) is 48.2 Å². The minimum atomic E-state index is -1.14. The van der Waals surface area contributed by atoms with Crippen molar-refractivity contribution >= 4 is 34.1 Å². The van der Waals surface area contributed by atoms with E-state index >= 15 is 0 Å². The second-order valence-corrected chi connectivity index (χ2v) is 6.64. The van der Waals surface area contributed by atoms with Crippen LogP contribution in [0.4, 0.5) is 23.7 Å². The van der Waals surface area contributed by atoms with Gasteiger partial charge in [-0.3, -0.25) is 4.79 Å². The Kier molecular flexibility index (Phi) is 5.33. The molecule has 0 aliphatic rings. The van der Waals surface area contributed by atoms with Gasteiger partial charge in [-0.2, -0.15) is 0 Å². The molecule has 0 spiro atoms. The standard InChI is InChI=1S/C19H15ClF3N3O2/c1-9(26(2)19(28)25-10-3-4-15(21)14(20)5-10)13-8-24-18(27)12-7-17(23)16(22)6-11(12)13/h3-9H,1-2H3,(H,24,27)(H,25,28)/t9-/m1/s1. The Labute approximate surface area is 162 Å². The number of nitrogens with zero attached hydrogens (tertiary/aromatic N) is 1. The van der Waals surface area contributed by atoms with Crippen LogP contribution in [0.15, 0.2) is 41.3 Å². The van der Waals surface area contributed by atoms with Gasteiger partial charge in [0.2, 0.25) is 0 Å². The molecule has 1 aromatic heterocycles. The van der Waals surface area contributed by atoms with Gasteiger partial charge in [0.05, 0.1) is 16.5 Å². The summed E-state index contributed by atoms with van der Waals surface area (Å²) in [5, 5.41) is 2.60. The highest BCUT2D eigenvalue weighted by Gasteiger charge is 2.21. The van der Waals surface area contributed by atoms with Crippen LogP contribution in [0.5, 0.6) is 0 Å². The number of carbonyl (C=O) groups excluding carboxylic acids is 1. The van der Waals surface area contributed by atoms with Crippen LogP contribution < -0.4 is 10.9 Å². The molecule has 28 heavy (non-hydrogen) atoms. The third kappa shape index (κ3) is 3.68. The second-order valence-electron chi connectivity index (χ2n) is 6.23. The highest BCUT2D eigenvalue weighted by Crippen LogP contribution is 2.27. The number of hydrogen-bond donors (Lipinski definition) is 2. The largest absolute Gasteiger partial charge is 0.328 e. The van der Waals surface area contributed by atoms with Gasteiger partial charge in [0.15, 0.2) is 11.6 Å². The Morgan fingerprint density at radius 1 is 1.11 bits per heavy atom. The molecule has 2 N–H and O–H groups in total. The zero-order valence-electron chi connectivity index (χ0n) is 14.8. The van der Waals surface area contributed by atoms with Crippen molar-refractivity contribution in [3.8, 4) is 0 Å². The van der Waals surface area contributed by atoms with Crippen molar-refractivity contribution in [2.45, 2.75) is 13.0 Å². The molecule has 0 saturated carbocycles. The van der Waals surface area contributed by atoms with Crippen molar-refractivity contribution in [1.29, 1.82) is 0 Å². The molecular formula is C19H15ClF3N3O2. The van der Waals surface area contributed by atoms with E-state index in [1.807, 2.05) is 0 Å². The fourth-order valence-corrected chi connectivity index (χ4v) is 2.97. The molecule has 1 atom stereocenters. The number of pyridine rings is 1. The molecule has 1 heterocycles. The van der Waals surface area contributed by atoms with E-state index in [1.54, 1.807) is 6.92 Å². The first-order valence-corrected chi connectivity index (χ1v) is 8.56. The number of fused-ring (bicyclic) bond motifs is 1. The zero-order chi connectivity index (χ0) is 20.6.